The van der Waals surface area contributed by atoms with Crippen LogP contribution in [0.2, 0.25) is 0 Å². The van der Waals surface area contributed by atoms with Gasteiger partial charge in [-0.1, -0.05) is 13.8 Å². The molecule has 0 atom stereocenters. The van der Waals surface area contributed by atoms with Gasteiger partial charge in [0.25, 0.3) is 0 Å². The van der Waals surface area contributed by atoms with Crippen LogP contribution in [0.15, 0.2) is 71.7 Å². The molecule has 9 heteroatoms. The highest BCUT2D eigenvalue weighted by molar-refractivity contribution is 8.04. The first-order chi connectivity index (χ1) is 17.1. The fraction of sp³-hybridized carbons (Fsp3) is 0.385. The molecule has 0 bridgehead atoms. The van der Waals surface area contributed by atoms with Crippen molar-refractivity contribution in [2.45, 2.75) is 32.7 Å². The summed E-state index contributed by atoms with van der Waals surface area (Å²) in [7, 11) is 0. The molecule has 1 saturated heterocycles. The van der Waals surface area contributed by atoms with Crippen molar-refractivity contribution < 1.29 is 9.53 Å². The van der Waals surface area contributed by atoms with E-state index in [1.165, 1.54) is 10.6 Å². The standard InChI is InChI=1S/C26H34N6O2S/c1-20(2)28-11-3-4-21-18-25(31-14-16-34-17-15-31)35-32(19-21)24-7-5-22(6-8-24)29-26(33)30-23-9-12-27-13-10-23/h5-10,12-13,18-20,28H,3-4,11,14-17H2,1-2H3,(H2,27,29,30,33). The number of ether oxygens (including phenoxy) is 1. The average molecular weight is 495 g/mol. The molecule has 0 unspecified atom stereocenters. The second-order valence-electron chi connectivity index (χ2n) is 8.78. The molecule has 2 aliphatic rings. The van der Waals surface area contributed by atoms with Gasteiger partial charge in [-0.15, -0.1) is 0 Å². The molecule has 1 fully saturated rings. The highest BCUT2D eigenvalue weighted by Gasteiger charge is 2.21. The number of anilines is 3. The van der Waals surface area contributed by atoms with E-state index in [1.54, 1.807) is 36.5 Å². The third-order valence-corrected chi connectivity index (χ3v) is 6.70. The Balaban J connectivity index is 1.41. The van der Waals surface area contributed by atoms with Crippen LogP contribution in [0.25, 0.3) is 0 Å². The zero-order valence-electron chi connectivity index (χ0n) is 20.4. The van der Waals surface area contributed by atoms with Crippen molar-refractivity contribution in [3.05, 3.63) is 71.7 Å². The molecule has 35 heavy (non-hydrogen) atoms. The quantitative estimate of drug-likeness (QED) is 0.333. The molecule has 1 aromatic carbocycles. The van der Waals surface area contributed by atoms with E-state index in [4.69, 9.17) is 4.74 Å². The van der Waals surface area contributed by atoms with Gasteiger partial charge in [0.1, 0.15) is 0 Å². The summed E-state index contributed by atoms with van der Waals surface area (Å²) < 4.78 is 7.77. The second kappa shape index (κ2) is 12.6. The summed E-state index contributed by atoms with van der Waals surface area (Å²) in [5, 5.41) is 10.4. The van der Waals surface area contributed by atoms with Gasteiger partial charge in [-0.2, -0.15) is 0 Å². The zero-order chi connectivity index (χ0) is 24.5. The van der Waals surface area contributed by atoms with Gasteiger partial charge in [0.05, 0.1) is 23.9 Å². The van der Waals surface area contributed by atoms with E-state index < -0.39 is 0 Å². The Morgan fingerprint density at radius 2 is 1.74 bits per heavy atom. The molecule has 0 aliphatic carbocycles. The number of hydrogen-bond acceptors (Lipinski definition) is 7. The number of nitrogens with one attached hydrogen (secondary N) is 3. The zero-order valence-corrected chi connectivity index (χ0v) is 21.2. The van der Waals surface area contributed by atoms with Crippen LogP contribution in [0.3, 0.4) is 0 Å². The first-order valence-electron chi connectivity index (χ1n) is 12.1. The van der Waals surface area contributed by atoms with Crippen molar-refractivity contribution in [2.75, 3.05) is 47.8 Å². The summed E-state index contributed by atoms with van der Waals surface area (Å²) in [5.41, 5.74) is 3.80. The van der Waals surface area contributed by atoms with E-state index in [0.717, 1.165) is 57.1 Å². The first kappa shape index (κ1) is 25.1. The summed E-state index contributed by atoms with van der Waals surface area (Å²) in [6, 6.07) is 11.6. The normalized spacial score (nSPS) is 16.1. The van der Waals surface area contributed by atoms with E-state index in [1.807, 2.05) is 24.3 Å². The monoisotopic (exact) mass is 494 g/mol. The van der Waals surface area contributed by atoms with Crippen LogP contribution in [0.4, 0.5) is 21.9 Å². The van der Waals surface area contributed by atoms with Gasteiger partial charge in [-0.25, -0.2) is 4.79 Å². The SMILES string of the molecule is CC(C)NCCCC1=CN(c2ccc(NC(=O)Nc3ccncc3)cc2)SC(N2CCOCC2)=C1. The summed E-state index contributed by atoms with van der Waals surface area (Å²) in [5.74, 6) is 0. The average Bonchev–Trinajstić information content (AvgIpc) is 2.88. The fourth-order valence-electron chi connectivity index (χ4n) is 3.80. The Morgan fingerprint density at radius 1 is 1.06 bits per heavy atom. The molecule has 2 aromatic rings. The molecule has 3 heterocycles. The maximum absolute atomic E-state index is 12.3. The van der Waals surface area contributed by atoms with Crippen molar-refractivity contribution >= 4 is 35.0 Å². The summed E-state index contributed by atoms with van der Waals surface area (Å²) >= 11 is 1.73. The number of allylic oxidation sites excluding steroid dienone is 2. The van der Waals surface area contributed by atoms with Crippen LogP contribution in [-0.4, -0.2) is 54.8 Å². The molecule has 3 N–H and O–H groups in total. The first-order valence-corrected chi connectivity index (χ1v) is 12.9. The van der Waals surface area contributed by atoms with Crippen LogP contribution < -0.4 is 20.3 Å². The minimum absolute atomic E-state index is 0.286. The van der Waals surface area contributed by atoms with E-state index in [0.29, 0.717) is 11.7 Å². The lowest BCUT2D eigenvalue weighted by Gasteiger charge is -2.35. The topological polar surface area (TPSA) is 81.8 Å². The number of hydrogen-bond donors (Lipinski definition) is 3. The molecule has 0 saturated carbocycles. The van der Waals surface area contributed by atoms with Gasteiger partial charge in [0.2, 0.25) is 0 Å². The van der Waals surface area contributed by atoms with Gasteiger partial charge >= 0.3 is 6.03 Å². The van der Waals surface area contributed by atoms with Gasteiger partial charge in [-0.3, -0.25) is 9.29 Å². The predicted octanol–water partition coefficient (Wildman–Crippen LogP) is 5.03. The minimum atomic E-state index is -0.286. The third-order valence-electron chi connectivity index (χ3n) is 5.62. The maximum Gasteiger partial charge on any atom is 0.323 e. The number of morpholine rings is 1. The van der Waals surface area contributed by atoms with Crippen LogP contribution in [0, 0.1) is 0 Å². The lowest BCUT2D eigenvalue weighted by atomic mass is 10.1. The van der Waals surface area contributed by atoms with Gasteiger partial charge < -0.3 is 25.6 Å². The molecular weight excluding hydrogens is 460 g/mol. The van der Waals surface area contributed by atoms with Crippen molar-refractivity contribution in [3.8, 4) is 0 Å². The highest BCUT2D eigenvalue weighted by Crippen LogP contribution is 2.37. The number of amides is 2. The van der Waals surface area contributed by atoms with Gasteiger partial charge in [0, 0.05) is 61.0 Å². The van der Waals surface area contributed by atoms with Gasteiger partial charge in [0.15, 0.2) is 0 Å². The minimum Gasteiger partial charge on any atom is -0.378 e. The van der Waals surface area contributed by atoms with Crippen molar-refractivity contribution in [3.63, 3.8) is 0 Å². The van der Waals surface area contributed by atoms with E-state index >= 15 is 0 Å². The van der Waals surface area contributed by atoms with Crippen LogP contribution in [-0.2, 0) is 4.74 Å². The Kier molecular flexibility index (Phi) is 9.05. The van der Waals surface area contributed by atoms with Gasteiger partial charge in [-0.05, 0) is 67.4 Å². The number of urea groups is 1. The summed E-state index contributed by atoms with van der Waals surface area (Å²) in [6.45, 7) is 8.69. The molecular formula is C26H34N6O2S. The van der Waals surface area contributed by atoms with E-state index in [-0.39, 0.29) is 6.03 Å². The Morgan fingerprint density at radius 3 is 2.43 bits per heavy atom. The van der Waals surface area contributed by atoms with Crippen molar-refractivity contribution in [1.29, 1.82) is 0 Å². The maximum atomic E-state index is 12.3. The second-order valence-corrected chi connectivity index (χ2v) is 9.77. The Bertz CT molecular complexity index is 1020. The molecule has 0 spiro atoms. The number of aromatic nitrogens is 1. The van der Waals surface area contributed by atoms with Crippen molar-refractivity contribution in [2.24, 2.45) is 0 Å². The van der Waals surface area contributed by atoms with Crippen molar-refractivity contribution in [1.82, 2.24) is 15.2 Å². The number of carbonyl (C=O) groups is 1. The molecule has 2 amide bonds. The smallest absolute Gasteiger partial charge is 0.323 e. The molecule has 2 aliphatic heterocycles. The predicted molar refractivity (Wildman–Crippen MR) is 144 cm³/mol. The molecule has 186 valence electrons. The number of pyridine rings is 1. The summed E-state index contributed by atoms with van der Waals surface area (Å²) in [4.78, 5) is 18.7. The fourth-order valence-corrected chi connectivity index (χ4v) is 4.92. The summed E-state index contributed by atoms with van der Waals surface area (Å²) in [6.07, 6.45) is 9.93. The largest absolute Gasteiger partial charge is 0.378 e. The highest BCUT2D eigenvalue weighted by atomic mass is 32.2. The third kappa shape index (κ3) is 7.74. The van der Waals surface area contributed by atoms with E-state index in [2.05, 4.69) is 56.3 Å². The number of carbonyl (C=O) groups excluding carboxylic acids is 1. The molecule has 8 nitrogen and oxygen atoms in total. The van der Waals surface area contributed by atoms with E-state index in [9.17, 15) is 4.79 Å². The number of nitrogens with zero attached hydrogens (tertiary/aromatic N) is 3. The Labute approximate surface area is 211 Å². The molecule has 4 rings (SSSR count). The molecule has 0 radical (unpaired) electrons. The van der Waals surface area contributed by atoms with Crippen LogP contribution in [0.1, 0.15) is 26.7 Å². The Hall–Kier alpha value is -3.01. The van der Waals surface area contributed by atoms with Crippen LogP contribution in [0.5, 0.6) is 0 Å². The number of benzene rings is 1. The number of rotatable bonds is 9. The van der Waals surface area contributed by atoms with Crippen LogP contribution >= 0.6 is 11.9 Å². The molecule has 1 aromatic heterocycles. The lowest BCUT2D eigenvalue weighted by molar-refractivity contribution is 0.0576. The lowest BCUT2D eigenvalue weighted by Crippen LogP contribution is -2.36.